The summed E-state index contributed by atoms with van der Waals surface area (Å²) in [5.41, 5.74) is 8.66. The lowest BCUT2D eigenvalue weighted by Crippen LogP contribution is -2.34. The number of nitrogens with zero attached hydrogens (tertiary/aromatic N) is 1. The molecule has 0 N–H and O–H groups in total. The molecule has 0 spiro atoms. The molecule has 0 amide bonds. The molecule has 1 nitrogen and oxygen atoms in total. The van der Waals surface area contributed by atoms with Crippen molar-refractivity contribution in [3.8, 4) is 0 Å². The summed E-state index contributed by atoms with van der Waals surface area (Å²) < 4.78 is 0. The Bertz CT molecular complexity index is 726. The Labute approximate surface area is 120 Å². The van der Waals surface area contributed by atoms with Gasteiger partial charge in [0, 0.05) is 24.2 Å². The summed E-state index contributed by atoms with van der Waals surface area (Å²) >= 11 is 0. The molecule has 2 aromatic rings. The number of anilines is 1. The van der Waals surface area contributed by atoms with Crippen LogP contribution in [0.3, 0.4) is 0 Å². The van der Waals surface area contributed by atoms with E-state index < -0.39 is 0 Å². The Morgan fingerprint density at radius 1 is 0.900 bits per heavy atom. The van der Waals surface area contributed by atoms with Gasteiger partial charge >= 0.3 is 0 Å². The van der Waals surface area contributed by atoms with Crippen molar-refractivity contribution in [1.29, 1.82) is 0 Å². The molecule has 4 rings (SSSR count). The Morgan fingerprint density at radius 3 is 2.35 bits per heavy atom. The van der Waals surface area contributed by atoms with Gasteiger partial charge in [-0.05, 0) is 35.3 Å². The van der Waals surface area contributed by atoms with Gasteiger partial charge in [-0.2, -0.15) is 0 Å². The summed E-state index contributed by atoms with van der Waals surface area (Å²) in [7, 11) is 2.23. The average molecular weight is 261 g/mol. The van der Waals surface area contributed by atoms with Crippen LogP contribution in [0, 0.1) is 0 Å². The topological polar surface area (TPSA) is 3.24 Å². The minimum atomic E-state index is 0.474. The molecule has 0 radical (unpaired) electrons. The molecule has 1 aliphatic heterocycles. The Balaban J connectivity index is 2.05. The third-order valence-corrected chi connectivity index (χ3v) is 5.02. The smallest absolute Gasteiger partial charge is 0.0614 e. The first kappa shape index (κ1) is 11.8. The minimum absolute atomic E-state index is 0.474. The van der Waals surface area contributed by atoms with E-state index in [1.54, 1.807) is 0 Å². The van der Waals surface area contributed by atoms with E-state index >= 15 is 0 Å². The first-order chi connectivity index (χ1) is 9.70. The van der Waals surface area contributed by atoms with Crippen LogP contribution in [0.1, 0.15) is 36.5 Å². The van der Waals surface area contributed by atoms with Crippen LogP contribution in [0.5, 0.6) is 0 Å². The van der Waals surface area contributed by atoms with Crippen LogP contribution in [0.2, 0.25) is 0 Å². The fourth-order valence-corrected chi connectivity index (χ4v) is 4.07. The largest absolute Gasteiger partial charge is 0.366 e. The highest BCUT2D eigenvalue weighted by Crippen LogP contribution is 2.51. The third-order valence-electron chi connectivity index (χ3n) is 5.02. The zero-order valence-corrected chi connectivity index (χ0v) is 12.2. The van der Waals surface area contributed by atoms with Crippen molar-refractivity contribution in [3.63, 3.8) is 0 Å². The summed E-state index contributed by atoms with van der Waals surface area (Å²) in [4.78, 5) is 2.45. The first-order valence-electron chi connectivity index (χ1n) is 7.32. The van der Waals surface area contributed by atoms with Crippen molar-refractivity contribution in [2.45, 2.75) is 25.8 Å². The van der Waals surface area contributed by atoms with Crippen LogP contribution in [0.15, 0.2) is 48.5 Å². The SMILES string of the molecule is CC1=C2c3ccccc3N(C)C2C(C)c2ccccc21. The van der Waals surface area contributed by atoms with Crippen LogP contribution in [0.25, 0.3) is 11.1 Å². The minimum Gasteiger partial charge on any atom is -0.366 e. The predicted octanol–water partition coefficient (Wildman–Crippen LogP) is 4.55. The molecule has 2 aliphatic rings. The fourth-order valence-electron chi connectivity index (χ4n) is 4.07. The highest BCUT2D eigenvalue weighted by molar-refractivity contribution is 6.03. The van der Waals surface area contributed by atoms with Crippen LogP contribution >= 0.6 is 0 Å². The van der Waals surface area contributed by atoms with Gasteiger partial charge in [-0.1, -0.05) is 49.4 Å². The van der Waals surface area contributed by atoms with E-state index in [1.807, 2.05) is 0 Å². The van der Waals surface area contributed by atoms with Gasteiger partial charge in [-0.3, -0.25) is 0 Å². The maximum atomic E-state index is 2.45. The van der Waals surface area contributed by atoms with Crippen molar-refractivity contribution in [1.82, 2.24) is 0 Å². The van der Waals surface area contributed by atoms with E-state index in [9.17, 15) is 0 Å². The Hall–Kier alpha value is -2.02. The van der Waals surface area contributed by atoms with Crippen LogP contribution in [0.4, 0.5) is 5.69 Å². The molecule has 20 heavy (non-hydrogen) atoms. The maximum Gasteiger partial charge on any atom is 0.0614 e. The van der Waals surface area contributed by atoms with Crippen molar-refractivity contribution in [2.24, 2.45) is 0 Å². The maximum absolute atomic E-state index is 2.45. The van der Waals surface area contributed by atoms with Gasteiger partial charge in [-0.15, -0.1) is 0 Å². The zero-order valence-electron chi connectivity index (χ0n) is 12.2. The monoisotopic (exact) mass is 261 g/mol. The second-order valence-electron chi connectivity index (χ2n) is 5.99. The number of allylic oxidation sites excluding steroid dienone is 1. The molecular formula is C19H19N. The van der Waals surface area contributed by atoms with Gasteiger partial charge in [0.2, 0.25) is 0 Å². The summed E-state index contributed by atoms with van der Waals surface area (Å²) in [5.74, 6) is 0.530. The molecule has 2 unspecified atom stereocenters. The molecule has 2 aromatic carbocycles. The number of benzene rings is 2. The van der Waals surface area contributed by atoms with Gasteiger partial charge in [-0.25, -0.2) is 0 Å². The van der Waals surface area contributed by atoms with Crippen molar-refractivity contribution in [2.75, 3.05) is 11.9 Å². The van der Waals surface area contributed by atoms with Crippen molar-refractivity contribution >= 4 is 16.8 Å². The quantitative estimate of drug-likeness (QED) is 0.672. The van der Waals surface area contributed by atoms with Gasteiger partial charge in [0.1, 0.15) is 0 Å². The van der Waals surface area contributed by atoms with E-state index in [4.69, 9.17) is 0 Å². The molecule has 2 atom stereocenters. The van der Waals surface area contributed by atoms with Gasteiger partial charge in [0.15, 0.2) is 0 Å². The molecule has 0 saturated heterocycles. The van der Waals surface area contributed by atoms with Crippen LogP contribution in [-0.4, -0.2) is 13.1 Å². The second kappa shape index (κ2) is 3.99. The van der Waals surface area contributed by atoms with E-state index in [1.165, 1.54) is 33.5 Å². The lowest BCUT2D eigenvalue weighted by molar-refractivity contribution is 0.648. The summed E-state index contributed by atoms with van der Waals surface area (Å²) in [6.07, 6.45) is 0. The van der Waals surface area contributed by atoms with Crippen molar-refractivity contribution < 1.29 is 0 Å². The van der Waals surface area contributed by atoms with Gasteiger partial charge in [0.05, 0.1) is 6.04 Å². The normalized spacial score (nSPS) is 23.4. The summed E-state index contributed by atoms with van der Waals surface area (Å²) in [6, 6.07) is 18.2. The number of hydrogen-bond donors (Lipinski definition) is 0. The molecule has 1 aliphatic carbocycles. The number of rotatable bonds is 0. The molecule has 0 saturated carbocycles. The number of hydrogen-bond acceptors (Lipinski definition) is 1. The third kappa shape index (κ3) is 1.33. The van der Waals surface area contributed by atoms with E-state index in [0.29, 0.717) is 12.0 Å². The zero-order chi connectivity index (χ0) is 13.9. The second-order valence-corrected chi connectivity index (χ2v) is 5.99. The van der Waals surface area contributed by atoms with Crippen LogP contribution in [-0.2, 0) is 0 Å². The average Bonchev–Trinajstić information content (AvgIpc) is 2.79. The molecule has 1 heterocycles. The van der Waals surface area contributed by atoms with Gasteiger partial charge in [0.25, 0.3) is 0 Å². The van der Waals surface area contributed by atoms with Gasteiger partial charge < -0.3 is 4.90 Å². The number of fused-ring (bicyclic) bond motifs is 4. The first-order valence-corrected chi connectivity index (χ1v) is 7.32. The number of para-hydroxylation sites is 1. The van der Waals surface area contributed by atoms with Crippen molar-refractivity contribution in [3.05, 3.63) is 65.2 Å². The Morgan fingerprint density at radius 2 is 1.55 bits per heavy atom. The van der Waals surface area contributed by atoms with E-state index in [-0.39, 0.29) is 0 Å². The summed E-state index contributed by atoms with van der Waals surface area (Å²) in [6.45, 7) is 4.64. The van der Waals surface area contributed by atoms with E-state index in [2.05, 4.69) is 74.3 Å². The molecule has 1 heteroatoms. The predicted molar refractivity (Wildman–Crippen MR) is 86.0 cm³/mol. The molecule has 0 fully saturated rings. The lowest BCUT2D eigenvalue weighted by atomic mass is 9.76. The molecular weight excluding hydrogens is 242 g/mol. The lowest BCUT2D eigenvalue weighted by Gasteiger charge is -2.35. The highest BCUT2D eigenvalue weighted by atomic mass is 15.2. The highest BCUT2D eigenvalue weighted by Gasteiger charge is 2.40. The molecule has 0 aromatic heterocycles. The molecule has 100 valence electrons. The van der Waals surface area contributed by atoms with Crippen LogP contribution < -0.4 is 4.90 Å². The molecule has 0 bridgehead atoms. The summed E-state index contributed by atoms with van der Waals surface area (Å²) in [5, 5.41) is 0. The Kier molecular flexibility index (Phi) is 2.35. The van der Waals surface area contributed by atoms with E-state index in [0.717, 1.165) is 0 Å². The fraction of sp³-hybridized carbons (Fsp3) is 0.263. The standard InChI is InChI=1S/C19H19N/c1-12-14-8-4-5-9-15(14)13(2)19-18(12)16-10-6-7-11-17(16)20(19)3/h4-11,13,19H,1-3H3. The number of likely N-dealkylation sites (N-methyl/N-ethyl adjacent to an activating group) is 1.